The molecule has 2 aromatic carbocycles. The van der Waals surface area contributed by atoms with E-state index in [4.69, 9.17) is 0 Å². The van der Waals surface area contributed by atoms with Crippen molar-refractivity contribution in [1.29, 1.82) is 0 Å². The van der Waals surface area contributed by atoms with Gasteiger partial charge in [-0.2, -0.15) is 0 Å². The minimum absolute atomic E-state index is 0.0102. The standard InChI is InChI=1S/C15H13F4ISi/c1-21(2,3)12-5-4-9(13(18)14(12)19)8-6-10(16)15(20)11(17)7-8/h4-7H,1-3H3. The van der Waals surface area contributed by atoms with Crippen LogP contribution in [0.5, 0.6) is 0 Å². The molecular weight excluding hydrogens is 411 g/mol. The lowest BCUT2D eigenvalue weighted by atomic mass is 10.0. The Morgan fingerprint density at radius 2 is 1.38 bits per heavy atom. The number of rotatable bonds is 2. The zero-order chi connectivity index (χ0) is 15.9. The molecule has 21 heavy (non-hydrogen) atoms. The fraction of sp³-hybridized carbons (Fsp3) is 0.200. The molecule has 0 saturated heterocycles. The zero-order valence-electron chi connectivity index (χ0n) is 11.7. The first-order chi connectivity index (χ1) is 9.62. The highest BCUT2D eigenvalue weighted by molar-refractivity contribution is 14.1. The summed E-state index contributed by atoms with van der Waals surface area (Å²) in [6.07, 6.45) is 0. The van der Waals surface area contributed by atoms with E-state index in [1.807, 2.05) is 19.6 Å². The smallest absolute Gasteiger partial charge is 0.166 e. The molecule has 0 heterocycles. The highest BCUT2D eigenvalue weighted by Gasteiger charge is 2.25. The van der Waals surface area contributed by atoms with E-state index in [0.29, 0.717) is 5.19 Å². The van der Waals surface area contributed by atoms with Gasteiger partial charge in [0.2, 0.25) is 0 Å². The Morgan fingerprint density at radius 1 is 0.857 bits per heavy atom. The van der Waals surface area contributed by atoms with Crippen LogP contribution >= 0.6 is 22.6 Å². The van der Waals surface area contributed by atoms with Crippen molar-refractivity contribution < 1.29 is 17.6 Å². The lowest BCUT2D eigenvalue weighted by Gasteiger charge is -2.19. The van der Waals surface area contributed by atoms with Gasteiger partial charge in [-0.1, -0.05) is 31.8 Å². The highest BCUT2D eigenvalue weighted by Crippen LogP contribution is 2.28. The number of benzene rings is 2. The second-order valence-corrected chi connectivity index (χ2v) is 11.9. The first-order valence-corrected chi connectivity index (χ1v) is 10.8. The van der Waals surface area contributed by atoms with Crippen LogP contribution in [-0.4, -0.2) is 8.07 Å². The normalized spacial score (nSPS) is 11.8. The van der Waals surface area contributed by atoms with Crippen molar-refractivity contribution in [2.75, 3.05) is 0 Å². The first-order valence-electron chi connectivity index (χ1n) is 6.26. The van der Waals surface area contributed by atoms with Crippen molar-refractivity contribution in [3.8, 4) is 11.1 Å². The van der Waals surface area contributed by atoms with Crippen molar-refractivity contribution >= 4 is 35.9 Å². The summed E-state index contributed by atoms with van der Waals surface area (Å²) in [5.74, 6) is -3.57. The van der Waals surface area contributed by atoms with Crippen LogP contribution in [0.3, 0.4) is 0 Å². The number of hydrogen-bond donors (Lipinski definition) is 0. The van der Waals surface area contributed by atoms with Gasteiger partial charge < -0.3 is 0 Å². The van der Waals surface area contributed by atoms with Gasteiger partial charge >= 0.3 is 0 Å². The minimum Gasteiger partial charge on any atom is -0.206 e. The summed E-state index contributed by atoms with van der Waals surface area (Å²) < 4.78 is 55.4. The number of hydrogen-bond acceptors (Lipinski definition) is 0. The molecule has 0 unspecified atom stereocenters. The Labute approximate surface area is 135 Å². The van der Waals surface area contributed by atoms with E-state index < -0.39 is 31.3 Å². The fourth-order valence-electron chi connectivity index (χ4n) is 2.06. The molecule has 0 fully saturated rings. The summed E-state index contributed by atoms with van der Waals surface area (Å²) in [6, 6.07) is 4.91. The average molecular weight is 424 g/mol. The molecule has 0 aliphatic carbocycles. The predicted octanol–water partition coefficient (Wildman–Crippen LogP) is 5.06. The van der Waals surface area contributed by atoms with Crippen LogP contribution in [0.25, 0.3) is 11.1 Å². The van der Waals surface area contributed by atoms with Gasteiger partial charge in [-0.15, -0.1) is 0 Å². The van der Waals surface area contributed by atoms with E-state index in [0.717, 1.165) is 12.1 Å². The zero-order valence-corrected chi connectivity index (χ0v) is 14.9. The van der Waals surface area contributed by atoms with Crippen molar-refractivity contribution in [2.45, 2.75) is 19.6 Å². The minimum atomic E-state index is -2.03. The maximum Gasteiger partial charge on any atom is 0.166 e. The Hall–Kier alpha value is -0.893. The van der Waals surface area contributed by atoms with Gasteiger partial charge in [-0.3, -0.25) is 0 Å². The molecule has 0 saturated carbocycles. The third kappa shape index (κ3) is 3.15. The summed E-state index contributed by atoms with van der Waals surface area (Å²) in [6.45, 7) is 5.69. The van der Waals surface area contributed by atoms with Gasteiger partial charge in [0.05, 0.1) is 11.6 Å². The molecule has 0 aromatic heterocycles. The van der Waals surface area contributed by atoms with Gasteiger partial charge in [0.25, 0.3) is 0 Å². The van der Waals surface area contributed by atoms with E-state index in [2.05, 4.69) is 0 Å². The largest absolute Gasteiger partial charge is 0.206 e. The molecule has 0 atom stereocenters. The summed E-state index contributed by atoms with van der Waals surface area (Å²) in [5.41, 5.74) is -0.146. The summed E-state index contributed by atoms with van der Waals surface area (Å²) in [5, 5.41) is 0.357. The Bertz CT molecular complexity index is 685. The molecule has 0 radical (unpaired) electrons. The molecule has 0 aliphatic rings. The van der Waals surface area contributed by atoms with E-state index >= 15 is 0 Å². The van der Waals surface area contributed by atoms with Crippen LogP contribution in [-0.2, 0) is 0 Å². The van der Waals surface area contributed by atoms with Crippen molar-refractivity contribution in [1.82, 2.24) is 0 Å². The van der Waals surface area contributed by atoms with E-state index in [9.17, 15) is 17.6 Å². The Balaban J connectivity index is 2.64. The molecule has 2 rings (SSSR count). The van der Waals surface area contributed by atoms with Gasteiger partial charge in [0.1, 0.15) is 11.6 Å². The van der Waals surface area contributed by atoms with Gasteiger partial charge in [0.15, 0.2) is 11.6 Å². The lowest BCUT2D eigenvalue weighted by Crippen LogP contribution is -2.40. The molecule has 2 aromatic rings. The van der Waals surface area contributed by atoms with Gasteiger partial charge in [-0.05, 0) is 45.5 Å². The molecule has 0 bridgehead atoms. The lowest BCUT2D eigenvalue weighted by molar-refractivity contribution is 0.515. The molecule has 0 spiro atoms. The van der Waals surface area contributed by atoms with Crippen LogP contribution in [0.1, 0.15) is 0 Å². The van der Waals surface area contributed by atoms with E-state index in [-0.39, 0.29) is 14.7 Å². The molecule has 6 heteroatoms. The van der Waals surface area contributed by atoms with Crippen LogP contribution in [0.15, 0.2) is 24.3 Å². The second-order valence-electron chi connectivity index (χ2n) is 5.79. The maximum absolute atomic E-state index is 14.2. The molecule has 0 N–H and O–H groups in total. The van der Waals surface area contributed by atoms with Crippen molar-refractivity contribution in [2.24, 2.45) is 0 Å². The van der Waals surface area contributed by atoms with Crippen LogP contribution < -0.4 is 5.19 Å². The first kappa shape index (κ1) is 16.5. The fourth-order valence-corrected chi connectivity index (χ4v) is 3.73. The molecular formula is C15H13F4ISi. The second kappa shape index (κ2) is 5.72. The van der Waals surface area contributed by atoms with E-state index in [1.54, 1.807) is 0 Å². The van der Waals surface area contributed by atoms with Gasteiger partial charge in [0, 0.05) is 5.56 Å². The van der Waals surface area contributed by atoms with Gasteiger partial charge in [-0.25, -0.2) is 17.6 Å². The van der Waals surface area contributed by atoms with Crippen molar-refractivity contribution in [3.05, 3.63) is 51.1 Å². The topological polar surface area (TPSA) is 0 Å². The maximum atomic E-state index is 14.2. The van der Waals surface area contributed by atoms with Crippen LogP contribution in [0, 0.1) is 26.8 Å². The summed E-state index contributed by atoms with van der Waals surface area (Å²) in [4.78, 5) is 0. The molecule has 0 amide bonds. The Morgan fingerprint density at radius 3 is 1.86 bits per heavy atom. The summed E-state index contributed by atoms with van der Waals surface area (Å²) >= 11 is 1.52. The molecule has 112 valence electrons. The third-order valence-corrected chi connectivity index (χ3v) is 6.22. The van der Waals surface area contributed by atoms with Crippen molar-refractivity contribution in [3.63, 3.8) is 0 Å². The molecule has 0 aliphatic heterocycles. The van der Waals surface area contributed by atoms with Crippen LogP contribution in [0.4, 0.5) is 17.6 Å². The summed E-state index contributed by atoms with van der Waals surface area (Å²) in [7, 11) is -2.03. The average Bonchev–Trinajstić information content (AvgIpc) is 2.37. The predicted molar refractivity (Wildman–Crippen MR) is 87.4 cm³/mol. The third-order valence-electron chi connectivity index (χ3n) is 3.19. The number of halogens is 5. The molecule has 0 nitrogen and oxygen atoms in total. The SMILES string of the molecule is C[Si](C)(C)c1ccc(-c2cc(F)c(I)c(F)c2)c(F)c1F. The van der Waals surface area contributed by atoms with E-state index in [1.165, 1.54) is 34.7 Å². The Kier molecular flexibility index (Phi) is 4.48. The quantitative estimate of drug-likeness (QED) is 0.274. The monoisotopic (exact) mass is 424 g/mol. The van der Waals surface area contributed by atoms with Crippen LogP contribution in [0.2, 0.25) is 19.6 Å². The highest BCUT2D eigenvalue weighted by atomic mass is 127.